The molecule has 1 aliphatic rings. The number of hydrogen-bond acceptors (Lipinski definition) is 6. The maximum absolute atomic E-state index is 6.80. The van der Waals surface area contributed by atoms with Crippen LogP contribution in [0.2, 0.25) is 0 Å². The van der Waals surface area contributed by atoms with Crippen molar-refractivity contribution in [1.82, 2.24) is 24.5 Å². The molecule has 3 aromatic heterocycles. The quantitative estimate of drug-likeness (QED) is 0.559. The van der Waals surface area contributed by atoms with Crippen molar-refractivity contribution in [3.8, 4) is 11.1 Å². The van der Waals surface area contributed by atoms with Gasteiger partial charge in [-0.3, -0.25) is 0 Å². The Hall–Kier alpha value is -2.90. The number of aromatic nitrogens is 5. The lowest BCUT2D eigenvalue weighted by Gasteiger charge is -2.36. The molecular formula is C21H23N7. The zero-order chi connectivity index (χ0) is 19.3. The second-order valence-corrected chi connectivity index (χ2v) is 7.87. The van der Waals surface area contributed by atoms with Gasteiger partial charge in [0.25, 0.3) is 0 Å². The summed E-state index contributed by atoms with van der Waals surface area (Å²) in [6.07, 6.45) is 8.79. The van der Waals surface area contributed by atoms with E-state index in [2.05, 4.69) is 38.1 Å². The van der Waals surface area contributed by atoms with Crippen molar-refractivity contribution in [2.75, 3.05) is 0 Å². The first-order valence-electron chi connectivity index (χ1n) is 9.61. The predicted octanol–water partition coefficient (Wildman–Crippen LogP) is 2.63. The smallest absolute Gasteiger partial charge is 0.159 e. The Labute approximate surface area is 162 Å². The summed E-state index contributed by atoms with van der Waals surface area (Å²) in [5.41, 5.74) is 18.1. The van der Waals surface area contributed by atoms with Crippen LogP contribution in [-0.2, 0) is 12.6 Å². The first-order valence-corrected chi connectivity index (χ1v) is 9.61. The van der Waals surface area contributed by atoms with Crippen LogP contribution < -0.4 is 11.5 Å². The number of fused-ring (bicyclic) bond motifs is 2. The second kappa shape index (κ2) is 6.32. The van der Waals surface area contributed by atoms with Gasteiger partial charge in [0, 0.05) is 30.2 Å². The van der Waals surface area contributed by atoms with Gasteiger partial charge in [-0.25, -0.2) is 19.9 Å². The minimum atomic E-state index is -0.459. The summed E-state index contributed by atoms with van der Waals surface area (Å²) in [6.45, 7) is 0. The standard InChI is InChI=1S/C21H23N7/c1-28-12-27-18-9-14(10-24-20(18)28)13-2-3-17-16(8-13)19(26-11-25-17)21(23)6-4-15(22)5-7-21/h2-3,8-12,15H,4-7,22-23H2,1H3. The molecule has 1 saturated carbocycles. The molecule has 0 amide bonds. The van der Waals surface area contributed by atoms with Gasteiger partial charge in [-0.1, -0.05) is 6.07 Å². The molecule has 0 spiro atoms. The topological polar surface area (TPSA) is 109 Å². The highest BCUT2D eigenvalue weighted by atomic mass is 15.1. The maximum Gasteiger partial charge on any atom is 0.159 e. The Morgan fingerprint density at radius 2 is 1.82 bits per heavy atom. The molecule has 7 heteroatoms. The molecule has 0 atom stereocenters. The monoisotopic (exact) mass is 373 g/mol. The average Bonchev–Trinajstić information content (AvgIpc) is 3.10. The number of nitrogens with two attached hydrogens (primary N) is 2. The van der Waals surface area contributed by atoms with Crippen molar-refractivity contribution in [2.24, 2.45) is 18.5 Å². The SMILES string of the molecule is Cn1cnc2cc(-c3ccc4ncnc(C5(N)CCC(N)CC5)c4c3)cnc21. The van der Waals surface area contributed by atoms with Crippen LogP contribution in [0.5, 0.6) is 0 Å². The van der Waals surface area contributed by atoms with Crippen molar-refractivity contribution in [2.45, 2.75) is 37.3 Å². The molecule has 0 saturated heterocycles. The molecule has 1 aromatic carbocycles. The summed E-state index contributed by atoms with van der Waals surface area (Å²) >= 11 is 0. The number of hydrogen-bond donors (Lipinski definition) is 2. The lowest BCUT2D eigenvalue weighted by molar-refractivity contribution is 0.273. The molecule has 4 N–H and O–H groups in total. The summed E-state index contributed by atoms with van der Waals surface area (Å²) in [4.78, 5) is 18.0. The fraction of sp³-hybridized carbons (Fsp3) is 0.333. The predicted molar refractivity (Wildman–Crippen MR) is 109 cm³/mol. The maximum atomic E-state index is 6.80. The summed E-state index contributed by atoms with van der Waals surface area (Å²) < 4.78 is 1.91. The minimum absolute atomic E-state index is 0.233. The normalized spacial score (nSPS) is 22.8. The number of aryl methyl sites for hydroxylation is 1. The third-order valence-corrected chi connectivity index (χ3v) is 5.91. The molecule has 1 fully saturated rings. The number of rotatable bonds is 2. The molecular weight excluding hydrogens is 350 g/mol. The number of nitrogens with zero attached hydrogens (tertiary/aromatic N) is 5. The Morgan fingerprint density at radius 3 is 2.64 bits per heavy atom. The largest absolute Gasteiger partial charge is 0.328 e. The van der Waals surface area contributed by atoms with Gasteiger partial charge >= 0.3 is 0 Å². The van der Waals surface area contributed by atoms with Crippen molar-refractivity contribution in [3.05, 3.63) is 48.8 Å². The van der Waals surface area contributed by atoms with Gasteiger partial charge < -0.3 is 16.0 Å². The molecule has 7 nitrogen and oxygen atoms in total. The number of benzene rings is 1. The van der Waals surface area contributed by atoms with Crippen molar-refractivity contribution < 1.29 is 0 Å². The van der Waals surface area contributed by atoms with Gasteiger partial charge in [-0.05, 0) is 49.4 Å². The fourth-order valence-corrected chi connectivity index (χ4v) is 4.20. The molecule has 0 bridgehead atoms. The summed E-state index contributed by atoms with van der Waals surface area (Å²) in [5, 5.41) is 0.999. The van der Waals surface area contributed by atoms with Crippen LogP contribution in [-0.4, -0.2) is 30.5 Å². The van der Waals surface area contributed by atoms with Crippen molar-refractivity contribution >= 4 is 22.1 Å². The Balaban J connectivity index is 1.63. The zero-order valence-corrected chi connectivity index (χ0v) is 15.8. The third kappa shape index (κ3) is 2.75. The molecule has 0 aliphatic heterocycles. The molecule has 1 aliphatic carbocycles. The Morgan fingerprint density at radius 1 is 1.00 bits per heavy atom. The highest BCUT2D eigenvalue weighted by Gasteiger charge is 2.34. The average molecular weight is 373 g/mol. The van der Waals surface area contributed by atoms with E-state index in [1.165, 1.54) is 0 Å². The van der Waals surface area contributed by atoms with E-state index >= 15 is 0 Å². The first-order chi connectivity index (χ1) is 13.5. The van der Waals surface area contributed by atoms with Gasteiger partial charge in [0.05, 0.1) is 23.1 Å². The molecule has 0 unspecified atom stereocenters. The molecule has 3 heterocycles. The summed E-state index contributed by atoms with van der Waals surface area (Å²) in [5.74, 6) is 0. The van der Waals surface area contributed by atoms with E-state index in [0.29, 0.717) is 0 Å². The van der Waals surface area contributed by atoms with Crippen LogP contribution in [0.25, 0.3) is 33.2 Å². The van der Waals surface area contributed by atoms with Crippen LogP contribution >= 0.6 is 0 Å². The van der Waals surface area contributed by atoms with Gasteiger partial charge in [0.15, 0.2) is 5.65 Å². The van der Waals surface area contributed by atoms with Gasteiger partial charge in [-0.2, -0.15) is 0 Å². The number of imidazole rings is 1. The van der Waals surface area contributed by atoms with Crippen LogP contribution in [0.1, 0.15) is 31.4 Å². The molecule has 0 radical (unpaired) electrons. The highest BCUT2D eigenvalue weighted by Crippen LogP contribution is 2.37. The second-order valence-electron chi connectivity index (χ2n) is 7.87. The Kier molecular flexibility index (Phi) is 3.89. The summed E-state index contributed by atoms with van der Waals surface area (Å²) in [7, 11) is 1.94. The first kappa shape index (κ1) is 17.2. The third-order valence-electron chi connectivity index (χ3n) is 5.91. The molecule has 5 rings (SSSR count). The van der Waals surface area contributed by atoms with Gasteiger partial charge in [-0.15, -0.1) is 0 Å². The number of pyridine rings is 1. The van der Waals surface area contributed by atoms with Crippen LogP contribution in [0, 0.1) is 0 Å². The van der Waals surface area contributed by atoms with E-state index in [1.807, 2.05) is 23.9 Å². The lowest BCUT2D eigenvalue weighted by Crippen LogP contribution is -2.44. The van der Waals surface area contributed by atoms with E-state index in [4.69, 9.17) is 11.5 Å². The highest BCUT2D eigenvalue weighted by molar-refractivity contribution is 5.88. The van der Waals surface area contributed by atoms with Gasteiger partial charge in [0.1, 0.15) is 11.8 Å². The van der Waals surface area contributed by atoms with E-state index in [9.17, 15) is 0 Å². The fourth-order valence-electron chi connectivity index (χ4n) is 4.20. The van der Waals surface area contributed by atoms with E-state index in [0.717, 1.165) is 64.6 Å². The van der Waals surface area contributed by atoms with Gasteiger partial charge in [0.2, 0.25) is 0 Å². The van der Waals surface area contributed by atoms with Crippen LogP contribution in [0.4, 0.5) is 0 Å². The minimum Gasteiger partial charge on any atom is -0.328 e. The van der Waals surface area contributed by atoms with Crippen LogP contribution in [0.3, 0.4) is 0 Å². The van der Waals surface area contributed by atoms with E-state index in [1.54, 1.807) is 12.7 Å². The molecule has 4 aromatic rings. The molecule has 142 valence electrons. The Bertz CT molecular complexity index is 1170. The van der Waals surface area contributed by atoms with Crippen LogP contribution in [0.15, 0.2) is 43.1 Å². The van der Waals surface area contributed by atoms with E-state index < -0.39 is 5.54 Å². The summed E-state index contributed by atoms with van der Waals surface area (Å²) in [6, 6.07) is 8.50. The van der Waals surface area contributed by atoms with Crippen molar-refractivity contribution in [3.63, 3.8) is 0 Å². The zero-order valence-electron chi connectivity index (χ0n) is 15.8. The van der Waals surface area contributed by atoms with Crippen molar-refractivity contribution in [1.29, 1.82) is 0 Å². The lowest BCUT2D eigenvalue weighted by atomic mass is 9.77. The van der Waals surface area contributed by atoms with E-state index in [-0.39, 0.29) is 6.04 Å². The molecule has 28 heavy (non-hydrogen) atoms.